The average Bonchev–Trinajstić information content (AvgIpc) is 3.51. The number of aromatic nitrogens is 3. The zero-order valence-electron chi connectivity index (χ0n) is 18.9. The Labute approximate surface area is 218 Å². The van der Waals surface area contributed by atoms with Crippen molar-refractivity contribution < 1.29 is 19.4 Å². The highest BCUT2D eigenvalue weighted by Gasteiger charge is 2.16. The van der Waals surface area contributed by atoms with Crippen LogP contribution >= 0.6 is 34.3 Å². The number of carbonyl (C=O) groups is 2. The third-order valence-corrected chi connectivity index (χ3v) is 7.55. The van der Waals surface area contributed by atoms with Crippen LogP contribution in [0.3, 0.4) is 0 Å². The Morgan fingerprint density at radius 3 is 2.78 bits per heavy atom. The number of hydrogen-bond donors (Lipinski definition) is 2. The van der Waals surface area contributed by atoms with E-state index >= 15 is 0 Å². The predicted molar refractivity (Wildman–Crippen MR) is 143 cm³/mol. The number of benzene rings is 2. The molecule has 0 radical (unpaired) electrons. The van der Waals surface area contributed by atoms with Crippen molar-refractivity contribution in [2.45, 2.75) is 19.9 Å². The molecule has 2 N–H and O–H groups in total. The number of carboxylic acid groups (broad SMARTS) is 1. The number of fused-ring (bicyclic) bond motifs is 2. The molecule has 5 aromatic rings. The molecular formula is C25H19ClN4O4S2. The van der Waals surface area contributed by atoms with Crippen molar-refractivity contribution in [2.24, 2.45) is 0 Å². The van der Waals surface area contributed by atoms with E-state index in [1.165, 1.54) is 11.3 Å². The average molecular weight is 539 g/mol. The number of allylic oxidation sites excluding steroid dienone is 1. The highest BCUT2D eigenvalue weighted by molar-refractivity contribution is 7.18. The largest absolute Gasteiger partial charge is 0.481 e. The molecule has 0 bridgehead atoms. The van der Waals surface area contributed by atoms with Gasteiger partial charge in [0.2, 0.25) is 5.13 Å². The smallest absolute Gasteiger partial charge is 0.418 e. The summed E-state index contributed by atoms with van der Waals surface area (Å²) in [5.41, 5.74) is 3.49. The van der Waals surface area contributed by atoms with E-state index in [4.69, 9.17) is 16.3 Å². The predicted octanol–water partition coefficient (Wildman–Crippen LogP) is 6.79. The van der Waals surface area contributed by atoms with E-state index in [9.17, 15) is 14.7 Å². The Balaban J connectivity index is 1.52. The van der Waals surface area contributed by atoms with Crippen molar-refractivity contribution >= 4 is 72.5 Å². The summed E-state index contributed by atoms with van der Waals surface area (Å²) in [6, 6.07) is 11.5. The maximum atomic E-state index is 11.8. The van der Waals surface area contributed by atoms with Crippen molar-refractivity contribution in [1.82, 2.24) is 14.8 Å². The number of aliphatic carboxylic acids is 1. The van der Waals surface area contributed by atoms with Gasteiger partial charge in [-0.15, -0.1) is 21.5 Å². The lowest BCUT2D eigenvalue weighted by molar-refractivity contribution is -0.136. The molecule has 2 aromatic carbocycles. The van der Waals surface area contributed by atoms with Crippen molar-refractivity contribution in [3.8, 4) is 10.6 Å². The summed E-state index contributed by atoms with van der Waals surface area (Å²) in [5.74, 6) is -0.631. The first-order chi connectivity index (χ1) is 17.3. The molecule has 36 heavy (non-hydrogen) atoms. The number of rotatable bonds is 7. The molecule has 3 heterocycles. The fourth-order valence-electron chi connectivity index (χ4n) is 3.96. The molecule has 0 fully saturated rings. The van der Waals surface area contributed by atoms with Gasteiger partial charge in [-0.3, -0.25) is 10.1 Å². The minimum atomic E-state index is -0.896. The molecule has 8 nitrogen and oxygen atoms in total. The number of hydrogen-bond acceptors (Lipinski definition) is 7. The fourth-order valence-corrected chi connectivity index (χ4v) is 5.79. The van der Waals surface area contributed by atoms with Crippen molar-refractivity contribution in [3.05, 3.63) is 76.5 Å². The number of ether oxygens (including phenoxy) is 1. The molecular weight excluding hydrogens is 520 g/mol. The number of halogens is 1. The summed E-state index contributed by atoms with van der Waals surface area (Å²) >= 11 is 9.08. The Bertz CT molecular complexity index is 1650. The van der Waals surface area contributed by atoms with Crippen molar-refractivity contribution in [3.63, 3.8) is 0 Å². The van der Waals surface area contributed by atoms with Gasteiger partial charge in [0.15, 0.2) is 0 Å². The molecule has 0 aliphatic carbocycles. The van der Waals surface area contributed by atoms with Gasteiger partial charge in [0.25, 0.3) is 0 Å². The fraction of sp³-hybridized carbons (Fsp3) is 0.120. The number of carboxylic acids is 1. The molecule has 5 rings (SSSR count). The Morgan fingerprint density at radius 1 is 1.17 bits per heavy atom. The highest BCUT2D eigenvalue weighted by Crippen LogP contribution is 2.34. The normalized spacial score (nSPS) is 11.2. The molecule has 182 valence electrons. The first-order valence-corrected chi connectivity index (χ1v) is 12.8. The number of carbonyl (C=O) groups excluding carboxylic acids is 1. The summed E-state index contributed by atoms with van der Waals surface area (Å²) in [6.07, 6.45) is 1.12. The van der Waals surface area contributed by atoms with Crippen LogP contribution in [0.25, 0.3) is 31.6 Å². The van der Waals surface area contributed by atoms with Crippen LogP contribution in [0.5, 0.6) is 0 Å². The SMILES string of the molecule is C=C(C)OC(=O)Nc1nnc(-c2ccc3c(CC(=O)O)cn(Cc4csc5ccc(Cl)cc45)c3c2)s1. The van der Waals surface area contributed by atoms with Crippen LogP contribution in [-0.4, -0.2) is 31.9 Å². The van der Waals surface area contributed by atoms with Crippen molar-refractivity contribution in [1.29, 1.82) is 0 Å². The van der Waals surface area contributed by atoms with Crippen LogP contribution in [0.2, 0.25) is 5.02 Å². The van der Waals surface area contributed by atoms with Gasteiger partial charge in [0, 0.05) is 38.9 Å². The molecule has 0 atom stereocenters. The van der Waals surface area contributed by atoms with Crippen LogP contribution in [0.4, 0.5) is 9.93 Å². The van der Waals surface area contributed by atoms with E-state index < -0.39 is 12.1 Å². The first kappa shape index (κ1) is 24.0. The maximum Gasteiger partial charge on any atom is 0.418 e. The van der Waals surface area contributed by atoms with Crippen LogP contribution < -0.4 is 5.32 Å². The first-order valence-electron chi connectivity index (χ1n) is 10.7. The van der Waals surface area contributed by atoms with E-state index in [0.717, 1.165) is 37.7 Å². The Morgan fingerprint density at radius 2 is 2.00 bits per heavy atom. The lowest BCUT2D eigenvalue weighted by Gasteiger charge is -2.06. The summed E-state index contributed by atoms with van der Waals surface area (Å²) in [6.45, 7) is 5.66. The van der Waals surface area contributed by atoms with Crippen LogP contribution in [-0.2, 0) is 22.5 Å². The zero-order chi connectivity index (χ0) is 25.4. The number of amides is 1. The summed E-state index contributed by atoms with van der Waals surface area (Å²) in [7, 11) is 0. The topological polar surface area (TPSA) is 106 Å². The molecule has 0 spiro atoms. The lowest BCUT2D eigenvalue weighted by Crippen LogP contribution is -2.11. The van der Waals surface area contributed by atoms with Gasteiger partial charge in [-0.25, -0.2) is 4.79 Å². The molecule has 0 saturated heterocycles. The molecule has 11 heteroatoms. The molecule has 0 aliphatic heterocycles. The zero-order valence-corrected chi connectivity index (χ0v) is 21.3. The number of nitrogens with one attached hydrogen (secondary N) is 1. The minimum Gasteiger partial charge on any atom is -0.481 e. The Hall–Kier alpha value is -3.73. The van der Waals surface area contributed by atoms with Crippen LogP contribution in [0.1, 0.15) is 18.1 Å². The number of nitrogens with zero attached hydrogens (tertiary/aromatic N) is 3. The molecule has 1 amide bonds. The lowest BCUT2D eigenvalue weighted by atomic mass is 10.1. The van der Waals surface area contributed by atoms with Gasteiger partial charge in [-0.1, -0.05) is 41.6 Å². The van der Waals surface area contributed by atoms with Gasteiger partial charge in [-0.05, 0) is 53.1 Å². The van der Waals surface area contributed by atoms with E-state index in [1.807, 2.05) is 47.2 Å². The van der Waals surface area contributed by atoms with Crippen LogP contribution in [0, 0.1) is 0 Å². The van der Waals surface area contributed by atoms with E-state index in [2.05, 4.69) is 27.5 Å². The monoisotopic (exact) mass is 538 g/mol. The molecule has 0 aliphatic rings. The second-order valence-electron chi connectivity index (χ2n) is 8.12. The van der Waals surface area contributed by atoms with E-state index in [1.54, 1.807) is 18.3 Å². The second-order valence-corrected chi connectivity index (χ2v) is 10.4. The second kappa shape index (κ2) is 9.73. The third kappa shape index (κ3) is 4.97. The summed E-state index contributed by atoms with van der Waals surface area (Å²) in [5, 5.41) is 25.8. The van der Waals surface area contributed by atoms with Gasteiger partial charge in [-0.2, -0.15) is 0 Å². The standard InChI is InChI=1S/C25H19ClN4O4S2/c1-13(2)34-25(33)27-24-29-28-23(36-24)14-3-5-18-15(8-22(31)32)10-30(20(18)7-14)11-16-12-35-21-6-4-17(26)9-19(16)21/h3-7,9-10,12H,1,8,11H2,2H3,(H,31,32)(H,27,29,33). The summed E-state index contributed by atoms with van der Waals surface area (Å²) < 4.78 is 8.08. The summed E-state index contributed by atoms with van der Waals surface area (Å²) in [4.78, 5) is 23.3. The maximum absolute atomic E-state index is 11.8. The minimum absolute atomic E-state index is 0.0865. The molecule has 0 unspecified atom stereocenters. The van der Waals surface area contributed by atoms with E-state index in [0.29, 0.717) is 21.7 Å². The van der Waals surface area contributed by atoms with Gasteiger partial charge >= 0.3 is 12.1 Å². The highest BCUT2D eigenvalue weighted by atomic mass is 35.5. The van der Waals surface area contributed by atoms with Gasteiger partial charge in [0.1, 0.15) is 5.01 Å². The molecule has 3 aromatic heterocycles. The number of thiophene rings is 1. The quantitative estimate of drug-likeness (QED) is 0.221. The Kier molecular flexibility index (Phi) is 6.48. The third-order valence-electron chi connectivity index (χ3n) is 5.41. The van der Waals surface area contributed by atoms with E-state index in [-0.39, 0.29) is 12.2 Å². The van der Waals surface area contributed by atoms with Gasteiger partial charge in [0.05, 0.1) is 12.2 Å². The van der Waals surface area contributed by atoms with Gasteiger partial charge < -0.3 is 14.4 Å². The molecule has 0 saturated carbocycles. The number of anilines is 1. The van der Waals surface area contributed by atoms with Crippen LogP contribution in [0.15, 0.2) is 60.3 Å². The van der Waals surface area contributed by atoms with Crippen molar-refractivity contribution in [2.75, 3.05) is 5.32 Å².